The van der Waals surface area contributed by atoms with Crippen molar-refractivity contribution in [3.63, 3.8) is 0 Å². The molecule has 0 bridgehead atoms. The molecule has 4 heteroatoms. The van der Waals surface area contributed by atoms with Crippen LogP contribution in [0.4, 0.5) is 11.4 Å². The molecule has 1 N–H and O–H groups in total. The Morgan fingerprint density at radius 2 is 1.91 bits per heavy atom. The van der Waals surface area contributed by atoms with E-state index in [9.17, 15) is 4.79 Å². The van der Waals surface area contributed by atoms with E-state index >= 15 is 0 Å². The van der Waals surface area contributed by atoms with Gasteiger partial charge in [0.25, 0.3) is 0 Å². The van der Waals surface area contributed by atoms with E-state index in [2.05, 4.69) is 50.0 Å². The number of nitrogens with zero attached hydrogens (tertiary/aromatic N) is 1. The minimum atomic E-state index is -0.00146. The highest BCUT2D eigenvalue weighted by Gasteiger charge is 2.30. The number of amides is 1. The van der Waals surface area contributed by atoms with Gasteiger partial charge < -0.3 is 15.0 Å². The van der Waals surface area contributed by atoms with Gasteiger partial charge in [0.15, 0.2) is 0 Å². The van der Waals surface area contributed by atoms with Crippen LogP contribution in [0.15, 0.2) is 24.3 Å². The zero-order valence-electron chi connectivity index (χ0n) is 14.2. The van der Waals surface area contributed by atoms with Crippen LogP contribution in [0.1, 0.15) is 40.5 Å². The summed E-state index contributed by atoms with van der Waals surface area (Å²) < 4.78 is 5.57. The monoisotopic (exact) mass is 304 g/mol. The minimum Gasteiger partial charge on any atom is -0.377 e. The molecule has 4 nitrogen and oxygen atoms in total. The molecule has 0 spiro atoms. The summed E-state index contributed by atoms with van der Waals surface area (Å²) >= 11 is 0. The molecule has 0 atom stereocenters. The zero-order chi connectivity index (χ0) is 16.2. The predicted octanol–water partition coefficient (Wildman–Crippen LogP) is 3.68. The number of morpholine rings is 1. The van der Waals surface area contributed by atoms with Crippen molar-refractivity contribution in [2.75, 3.05) is 30.0 Å². The third kappa shape index (κ3) is 3.80. The summed E-state index contributed by atoms with van der Waals surface area (Å²) in [6.07, 6.45) is 1.75. The highest BCUT2D eigenvalue weighted by atomic mass is 16.5. The van der Waals surface area contributed by atoms with Gasteiger partial charge in [-0.1, -0.05) is 13.8 Å². The highest BCUT2D eigenvalue weighted by molar-refractivity contribution is 5.92. The first kappa shape index (κ1) is 16.8. The Morgan fingerprint density at radius 1 is 1.27 bits per heavy atom. The summed E-state index contributed by atoms with van der Waals surface area (Å²) in [5.41, 5.74) is 2.04. The second-order valence-electron chi connectivity index (χ2n) is 6.57. The summed E-state index contributed by atoms with van der Waals surface area (Å²) in [5, 5.41) is 3.01. The summed E-state index contributed by atoms with van der Waals surface area (Å²) in [4.78, 5) is 14.5. The molecular weight excluding hydrogens is 276 g/mol. The molecule has 0 saturated carbocycles. The number of ether oxygens (including phenoxy) is 1. The number of nitrogens with one attached hydrogen (secondary N) is 1. The maximum absolute atomic E-state index is 12.1. The largest absolute Gasteiger partial charge is 0.377 e. The van der Waals surface area contributed by atoms with Crippen LogP contribution in [0.2, 0.25) is 0 Å². The molecule has 1 amide bonds. The number of anilines is 2. The number of benzene rings is 1. The van der Waals surface area contributed by atoms with E-state index in [4.69, 9.17) is 4.74 Å². The lowest BCUT2D eigenvalue weighted by atomic mass is 10.0. The lowest BCUT2D eigenvalue weighted by molar-refractivity contribution is -0.120. The first-order valence-electron chi connectivity index (χ1n) is 8.24. The van der Waals surface area contributed by atoms with Gasteiger partial charge in [-0.2, -0.15) is 0 Å². The summed E-state index contributed by atoms with van der Waals surface area (Å²) in [6.45, 7) is 10.9. The number of hydrogen-bond donors (Lipinski definition) is 1. The van der Waals surface area contributed by atoms with Crippen molar-refractivity contribution in [1.82, 2.24) is 0 Å². The first-order valence-corrected chi connectivity index (χ1v) is 8.24. The quantitative estimate of drug-likeness (QED) is 0.902. The van der Waals surface area contributed by atoms with E-state index in [0.717, 1.165) is 38.3 Å². The van der Waals surface area contributed by atoms with E-state index in [0.29, 0.717) is 0 Å². The Labute approximate surface area is 133 Å². The van der Waals surface area contributed by atoms with Crippen LogP contribution in [0.5, 0.6) is 0 Å². The fourth-order valence-corrected chi connectivity index (χ4v) is 2.97. The van der Waals surface area contributed by atoms with Gasteiger partial charge in [0, 0.05) is 23.8 Å². The van der Waals surface area contributed by atoms with E-state index < -0.39 is 0 Å². The topological polar surface area (TPSA) is 41.6 Å². The van der Waals surface area contributed by atoms with Crippen LogP contribution in [-0.2, 0) is 9.53 Å². The smallest absolute Gasteiger partial charge is 0.227 e. The molecule has 0 unspecified atom stereocenters. The van der Waals surface area contributed by atoms with Crippen molar-refractivity contribution in [3.8, 4) is 0 Å². The number of carbonyl (C=O) groups is 1. The Morgan fingerprint density at radius 3 is 2.45 bits per heavy atom. The molecule has 1 saturated heterocycles. The number of hydrogen-bond acceptors (Lipinski definition) is 3. The summed E-state index contributed by atoms with van der Waals surface area (Å²) in [6, 6.07) is 8.13. The maximum Gasteiger partial charge on any atom is 0.227 e. The summed E-state index contributed by atoms with van der Waals surface area (Å²) in [7, 11) is 0. The summed E-state index contributed by atoms with van der Waals surface area (Å²) in [5.74, 6) is 0.210. The minimum absolute atomic E-state index is 0.00146. The van der Waals surface area contributed by atoms with Crippen molar-refractivity contribution in [2.24, 2.45) is 5.92 Å². The van der Waals surface area contributed by atoms with Gasteiger partial charge in [0.1, 0.15) is 0 Å². The van der Waals surface area contributed by atoms with Gasteiger partial charge >= 0.3 is 0 Å². The average Bonchev–Trinajstić information content (AvgIpc) is 2.49. The molecule has 22 heavy (non-hydrogen) atoms. The van der Waals surface area contributed by atoms with Gasteiger partial charge in [-0.05, 0) is 51.0 Å². The SMILES string of the molecule is CCC(CC)C(=O)Nc1ccc(N2CCOCC2(C)C)cc1. The fraction of sp³-hybridized carbons (Fsp3) is 0.611. The van der Waals surface area contributed by atoms with Crippen LogP contribution in [0.3, 0.4) is 0 Å². The molecular formula is C18H28N2O2. The van der Waals surface area contributed by atoms with Gasteiger partial charge in [-0.3, -0.25) is 4.79 Å². The second kappa shape index (κ2) is 7.14. The Bertz CT molecular complexity index is 492. The molecule has 1 heterocycles. The molecule has 0 aromatic heterocycles. The molecule has 122 valence electrons. The lowest BCUT2D eigenvalue weighted by Gasteiger charge is -2.43. The van der Waals surface area contributed by atoms with Crippen molar-refractivity contribution in [1.29, 1.82) is 0 Å². The lowest BCUT2D eigenvalue weighted by Crippen LogP contribution is -2.53. The molecule has 1 fully saturated rings. The van der Waals surface area contributed by atoms with Crippen LogP contribution >= 0.6 is 0 Å². The molecule has 1 aliphatic heterocycles. The van der Waals surface area contributed by atoms with E-state index in [1.807, 2.05) is 12.1 Å². The predicted molar refractivity (Wildman–Crippen MR) is 91.4 cm³/mol. The standard InChI is InChI=1S/C18H28N2O2/c1-5-14(6-2)17(21)19-15-7-9-16(10-8-15)20-11-12-22-13-18(20,3)4/h7-10,14H,5-6,11-13H2,1-4H3,(H,19,21). The van der Waals surface area contributed by atoms with Crippen LogP contribution in [0, 0.1) is 5.92 Å². The average molecular weight is 304 g/mol. The molecule has 0 radical (unpaired) electrons. The maximum atomic E-state index is 12.1. The Kier molecular flexibility index (Phi) is 5.46. The van der Waals surface area contributed by atoms with Crippen LogP contribution in [-0.4, -0.2) is 31.2 Å². The van der Waals surface area contributed by atoms with E-state index in [1.165, 1.54) is 5.69 Å². The van der Waals surface area contributed by atoms with Gasteiger partial charge in [-0.25, -0.2) is 0 Å². The Balaban J connectivity index is 2.05. The van der Waals surface area contributed by atoms with Gasteiger partial charge in [0.05, 0.1) is 18.8 Å². The number of carbonyl (C=O) groups excluding carboxylic acids is 1. The third-order valence-electron chi connectivity index (χ3n) is 4.45. The van der Waals surface area contributed by atoms with Crippen LogP contribution in [0.25, 0.3) is 0 Å². The van der Waals surface area contributed by atoms with Crippen molar-refractivity contribution in [3.05, 3.63) is 24.3 Å². The number of rotatable bonds is 5. The second-order valence-corrected chi connectivity index (χ2v) is 6.57. The van der Waals surface area contributed by atoms with Crippen LogP contribution < -0.4 is 10.2 Å². The molecule has 1 aromatic carbocycles. The van der Waals surface area contributed by atoms with Crippen molar-refractivity contribution in [2.45, 2.75) is 46.1 Å². The van der Waals surface area contributed by atoms with E-state index in [-0.39, 0.29) is 17.4 Å². The molecule has 1 aromatic rings. The normalized spacial score (nSPS) is 17.6. The first-order chi connectivity index (χ1) is 10.5. The molecule has 0 aliphatic carbocycles. The van der Waals surface area contributed by atoms with Crippen molar-refractivity contribution >= 4 is 17.3 Å². The Hall–Kier alpha value is -1.55. The van der Waals surface area contributed by atoms with Gasteiger partial charge in [0.2, 0.25) is 5.91 Å². The van der Waals surface area contributed by atoms with Gasteiger partial charge in [-0.15, -0.1) is 0 Å². The third-order valence-corrected chi connectivity index (χ3v) is 4.45. The van der Waals surface area contributed by atoms with E-state index in [1.54, 1.807) is 0 Å². The fourth-order valence-electron chi connectivity index (χ4n) is 2.97. The van der Waals surface area contributed by atoms with Crippen molar-refractivity contribution < 1.29 is 9.53 Å². The molecule has 1 aliphatic rings. The molecule has 2 rings (SSSR count). The zero-order valence-corrected chi connectivity index (χ0v) is 14.2. The highest BCUT2D eigenvalue weighted by Crippen LogP contribution is 2.28.